The molecule has 1 aromatic heterocycles. The second-order valence-electron chi connectivity index (χ2n) is 7.71. The van der Waals surface area contributed by atoms with Crippen LogP contribution < -0.4 is 5.32 Å². The Bertz CT molecular complexity index is 777. The summed E-state index contributed by atoms with van der Waals surface area (Å²) in [5.74, 6) is -0.452. The summed E-state index contributed by atoms with van der Waals surface area (Å²) in [6.45, 7) is 5.72. The molecule has 0 atom stereocenters. The highest BCUT2D eigenvalue weighted by atomic mass is 32.2. The predicted octanol–water partition coefficient (Wildman–Crippen LogP) is 0.0297. The van der Waals surface area contributed by atoms with E-state index in [1.54, 1.807) is 13.8 Å². The molecule has 0 radical (unpaired) electrons. The fraction of sp³-hybridized carbons (Fsp3) is 0.765. The number of carbonyl (C=O) groups excluding carboxylic acids is 1. The van der Waals surface area contributed by atoms with Crippen LogP contribution in [0.2, 0.25) is 0 Å². The number of carbonyl (C=O) groups is 1. The molecule has 0 bridgehead atoms. The summed E-state index contributed by atoms with van der Waals surface area (Å²) in [6, 6.07) is 0. The number of morpholine rings is 1. The minimum atomic E-state index is -3.77. The molecule has 9 nitrogen and oxygen atoms in total. The minimum Gasteiger partial charge on any atom is -0.395 e. The molecule has 3 rings (SSSR count). The largest absolute Gasteiger partial charge is 0.395 e. The van der Waals surface area contributed by atoms with E-state index in [9.17, 15) is 18.3 Å². The number of hydrogen-bond acceptors (Lipinski definition) is 7. The highest BCUT2D eigenvalue weighted by molar-refractivity contribution is 7.89. The summed E-state index contributed by atoms with van der Waals surface area (Å²) in [5.41, 5.74) is -0.595. The highest BCUT2D eigenvalue weighted by Gasteiger charge is 2.36. The van der Waals surface area contributed by atoms with Gasteiger partial charge in [-0.2, -0.15) is 9.40 Å². The third-order valence-electron chi connectivity index (χ3n) is 5.20. The first-order valence-electron chi connectivity index (χ1n) is 9.31. The Hall–Kier alpha value is -1.33. The Morgan fingerprint density at radius 2 is 1.96 bits per heavy atom. The molecular formula is C17H28N4O5S. The van der Waals surface area contributed by atoms with Gasteiger partial charge in [-0.15, -0.1) is 0 Å². The number of ether oxygens (including phenoxy) is 1. The van der Waals surface area contributed by atoms with Gasteiger partial charge in [0.1, 0.15) is 4.90 Å². The van der Waals surface area contributed by atoms with Gasteiger partial charge < -0.3 is 15.2 Å². The summed E-state index contributed by atoms with van der Waals surface area (Å²) < 4.78 is 34.2. The van der Waals surface area contributed by atoms with Crippen molar-refractivity contribution < 1.29 is 23.1 Å². The second kappa shape index (κ2) is 7.96. The molecule has 2 aliphatic rings. The van der Waals surface area contributed by atoms with Crippen LogP contribution >= 0.6 is 0 Å². The summed E-state index contributed by atoms with van der Waals surface area (Å²) in [7, 11) is -3.77. The van der Waals surface area contributed by atoms with E-state index in [1.165, 1.54) is 10.5 Å². The Morgan fingerprint density at radius 3 is 2.56 bits per heavy atom. The highest BCUT2D eigenvalue weighted by Crippen LogP contribution is 2.32. The zero-order chi connectivity index (χ0) is 19.7. The van der Waals surface area contributed by atoms with Crippen LogP contribution in [0.3, 0.4) is 0 Å². The zero-order valence-electron chi connectivity index (χ0n) is 15.8. The van der Waals surface area contributed by atoms with Crippen molar-refractivity contribution in [3.8, 4) is 0 Å². The molecule has 2 aliphatic heterocycles. The van der Waals surface area contributed by atoms with E-state index in [0.717, 1.165) is 30.6 Å². The van der Waals surface area contributed by atoms with Crippen molar-refractivity contribution in [2.75, 3.05) is 46.0 Å². The lowest BCUT2D eigenvalue weighted by Crippen LogP contribution is -2.41. The Kier molecular flexibility index (Phi) is 6.02. The standard InChI is InChI=1S/C17H28N4O5S/c1-17(2,12-22)16(23)21-11-14(15(19-21)13-3-5-18-6-4-13)27(24,25)20-7-9-26-10-8-20/h11,13,18,22H,3-10,12H2,1-2H3. The molecule has 0 unspecified atom stereocenters. The van der Waals surface area contributed by atoms with Crippen LogP contribution in [0.25, 0.3) is 0 Å². The van der Waals surface area contributed by atoms with E-state index in [-0.39, 0.29) is 30.5 Å². The van der Waals surface area contributed by atoms with Crippen LogP contribution in [0.1, 0.15) is 43.1 Å². The maximum atomic E-state index is 13.2. The molecule has 10 heteroatoms. The van der Waals surface area contributed by atoms with E-state index in [2.05, 4.69) is 10.4 Å². The Morgan fingerprint density at radius 1 is 1.33 bits per heavy atom. The Labute approximate surface area is 159 Å². The maximum Gasteiger partial charge on any atom is 0.254 e. The van der Waals surface area contributed by atoms with Crippen molar-refractivity contribution in [1.82, 2.24) is 19.4 Å². The normalized spacial score (nSPS) is 20.7. The molecule has 2 fully saturated rings. The third-order valence-corrected chi connectivity index (χ3v) is 7.12. The van der Waals surface area contributed by atoms with Gasteiger partial charge >= 0.3 is 0 Å². The van der Waals surface area contributed by atoms with Crippen molar-refractivity contribution in [1.29, 1.82) is 0 Å². The van der Waals surface area contributed by atoms with Gasteiger partial charge in [-0.1, -0.05) is 0 Å². The fourth-order valence-corrected chi connectivity index (χ4v) is 4.97. The van der Waals surface area contributed by atoms with Crippen molar-refractivity contribution in [3.05, 3.63) is 11.9 Å². The predicted molar refractivity (Wildman–Crippen MR) is 98.1 cm³/mol. The number of piperidine rings is 1. The van der Waals surface area contributed by atoms with Crippen LogP contribution in [0.15, 0.2) is 11.1 Å². The molecule has 2 N–H and O–H groups in total. The molecule has 0 amide bonds. The lowest BCUT2D eigenvalue weighted by atomic mass is 9.94. The van der Waals surface area contributed by atoms with Crippen molar-refractivity contribution >= 4 is 15.9 Å². The number of aliphatic hydroxyl groups excluding tert-OH is 1. The number of nitrogens with one attached hydrogen (secondary N) is 1. The summed E-state index contributed by atoms with van der Waals surface area (Å²) in [5, 5.41) is 17.2. The first-order valence-corrected chi connectivity index (χ1v) is 10.8. The van der Waals surface area contributed by atoms with Crippen LogP contribution in [-0.4, -0.2) is 79.5 Å². The summed E-state index contributed by atoms with van der Waals surface area (Å²) in [4.78, 5) is 12.8. The van der Waals surface area contributed by atoms with E-state index in [1.807, 2.05) is 0 Å². The number of nitrogens with zero attached hydrogens (tertiary/aromatic N) is 3. The quantitative estimate of drug-likeness (QED) is 0.717. The van der Waals surface area contributed by atoms with Crippen LogP contribution in [0.4, 0.5) is 0 Å². The number of rotatable bonds is 5. The molecular weight excluding hydrogens is 372 g/mol. The molecule has 27 heavy (non-hydrogen) atoms. The van der Waals surface area contributed by atoms with Gasteiger partial charge in [-0.3, -0.25) is 4.79 Å². The van der Waals surface area contributed by atoms with Gasteiger partial charge in [0.25, 0.3) is 5.91 Å². The summed E-state index contributed by atoms with van der Waals surface area (Å²) in [6.07, 6.45) is 2.85. The number of sulfonamides is 1. The monoisotopic (exact) mass is 400 g/mol. The van der Waals surface area contributed by atoms with Crippen LogP contribution in [-0.2, 0) is 14.8 Å². The molecule has 1 aromatic rings. The first-order chi connectivity index (χ1) is 12.8. The van der Waals surface area contributed by atoms with Gasteiger partial charge in [-0.05, 0) is 39.8 Å². The minimum absolute atomic E-state index is 0.0247. The maximum absolute atomic E-state index is 13.2. The third kappa shape index (κ3) is 4.09. The van der Waals surface area contributed by atoms with Crippen molar-refractivity contribution in [2.24, 2.45) is 5.41 Å². The van der Waals surface area contributed by atoms with Gasteiger partial charge in [-0.25, -0.2) is 13.1 Å². The van der Waals surface area contributed by atoms with E-state index in [0.29, 0.717) is 18.9 Å². The van der Waals surface area contributed by atoms with Gasteiger partial charge in [0.05, 0.1) is 37.1 Å². The van der Waals surface area contributed by atoms with Gasteiger partial charge in [0.2, 0.25) is 10.0 Å². The van der Waals surface area contributed by atoms with E-state index >= 15 is 0 Å². The molecule has 0 spiro atoms. The smallest absolute Gasteiger partial charge is 0.254 e. The molecule has 0 saturated carbocycles. The van der Waals surface area contributed by atoms with Crippen molar-refractivity contribution in [3.63, 3.8) is 0 Å². The number of hydrogen-bond donors (Lipinski definition) is 2. The molecule has 2 saturated heterocycles. The summed E-state index contributed by atoms with van der Waals surface area (Å²) >= 11 is 0. The number of aromatic nitrogens is 2. The number of aliphatic hydroxyl groups is 1. The topological polar surface area (TPSA) is 114 Å². The molecule has 152 valence electrons. The average Bonchev–Trinajstić information content (AvgIpc) is 3.15. The lowest BCUT2D eigenvalue weighted by molar-refractivity contribution is 0.0612. The van der Waals surface area contributed by atoms with Crippen LogP contribution in [0.5, 0.6) is 0 Å². The average molecular weight is 401 g/mol. The van der Waals surface area contributed by atoms with Gasteiger partial charge in [0, 0.05) is 19.0 Å². The first kappa shape index (κ1) is 20.4. The van der Waals surface area contributed by atoms with Crippen LogP contribution in [0, 0.1) is 5.41 Å². The molecule has 3 heterocycles. The van der Waals surface area contributed by atoms with Gasteiger partial charge in [0.15, 0.2) is 0 Å². The molecule has 0 aliphatic carbocycles. The molecule has 0 aromatic carbocycles. The fourth-order valence-electron chi connectivity index (χ4n) is 3.36. The Balaban J connectivity index is 2.03. The second-order valence-corrected chi connectivity index (χ2v) is 9.62. The van der Waals surface area contributed by atoms with E-state index < -0.39 is 21.3 Å². The lowest BCUT2D eigenvalue weighted by Gasteiger charge is -2.27. The zero-order valence-corrected chi connectivity index (χ0v) is 16.7. The SMILES string of the molecule is CC(C)(CO)C(=O)n1cc(S(=O)(=O)N2CCOCC2)c(C2CCNCC2)n1. The van der Waals surface area contributed by atoms with Crippen molar-refractivity contribution in [2.45, 2.75) is 37.5 Å². The van der Waals surface area contributed by atoms with E-state index in [4.69, 9.17) is 4.74 Å².